The van der Waals surface area contributed by atoms with Gasteiger partial charge in [-0.05, 0) is 42.2 Å². The molecule has 0 amide bonds. The molecule has 0 spiro atoms. The van der Waals surface area contributed by atoms with Crippen molar-refractivity contribution in [2.24, 2.45) is 5.73 Å². The number of nitrogens with two attached hydrogens (primary N) is 1. The van der Waals surface area contributed by atoms with Crippen molar-refractivity contribution in [1.29, 1.82) is 0 Å². The molecule has 0 aromatic heterocycles. The summed E-state index contributed by atoms with van der Waals surface area (Å²) in [6.07, 6.45) is 1.10. The Labute approximate surface area is 126 Å². The molecule has 1 aliphatic heterocycles. The summed E-state index contributed by atoms with van der Waals surface area (Å²) in [5.41, 5.74) is 11.2. The summed E-state index contributed by atoms with van der Waals surface area (Å²) >= 11 is 0. The van der Waals surface area contributed by atoms with Crippen LogP contribution in [-0.4, -0.2) is 20.2 Å². The lowest BCUT2D eigenvalue weighted by Gasteiger charge is -2.30. The number of ether oxygens (including phenoxy) is 1. The number of fused-ring (bicyclic) bond motifs is 1. The number of benzene rings is 2. The topological polar surface area (TPSA) is 38.5 Å². The molecule has 3 heteroatoms. The van der Waals surface area contributed by atoms with Crippen molar-refractivity contribution in [2.45, 2.75) is 19.4 Å². The van der Waals surface area contributed by atoms with E-state index in [1.54, 1.807) is 7.11 Å². The van der Waals surface area contributed by atoms with E-state index in [0.717, 1.165) is 24.3 Å². The molecule has 3 nitrogen and oxygen atoms in total. The van der Waals surface area contributed by atoms with Crippen LogP contribution in [0.15, 0.2) is 42.5 Å². The highest BCUT2D eigenvalue weighted by Gasteiger charge is 2.26. The molecule has 110 valence electrons. The molecule has 2 aromatic carbocycles. The molecule has 21 heavy (non-hydrogen) atoms. The first-order valence-corrected chi connectivity index (χ1v) is 7.43. The number of para-hydroxylation sites is 1. The molecule has 2 aromatic rings. The molecule has 0 saturated heterocycles. The van der Waals surface area contributed by atoms with E-state index in [1.165, 1.54) is 16.8 Å². The lowest BCUT2D eigenvalue weighted by molar-refractivity contribution is 0.411. The standard InChI is InChI=1S/C18H22N2O/c1-13-11-15(7-8-18(13)21-2)17(12-19)20-10-9-14-5-3-4-6-16(14)20/h3-8,11,17H,9-10,12,19H2,1-2H3. The van der Waals surface area contributed by atoms with Crippen LogP contribution in [0.2, 0.25) is 0 Å². The van der Waals surface area contributed by atoms with E-state index in [0.29, 0.717) is 6.54 Å². The lowest BCUT2D eigenvalue weighted by Crippen LogP contribution is -2.32. The molecule has 0 aliphatic carbocycles. The summed E-state index contributed by atoms with van der Waals surface area (Å²) in [4.78, 5) is 2.43. The van der Waals surface area contributed by atoms with Gasteiger partial charge in [0, 0.05) is 18.8 Å². The van der Waals surface area contributed by atoms with E-state index < -0.39 is 0 Å². The van der Waals surface area contributed by atoms with Crippen molar-refractivity contribution in [3.63, 3.8) is 0 Å². The Morgan fingerprint density at radius 2 is 2.05 bits per heavy atom. The van der Waals surface area contributed by atoms with Crippen LogP contribution >= 0.6 is 0 Å². The number of methoxy groups -OCH3 is 1. The Balaban J connectivity index is 1.95. The highest BCUT2D eigenvalue weighted by Crippen LogP contribution is 2.35. The minimum atomic E-state index is 0.221. The number of rotatable bonds is 4. The van der Waals surface area contributed by atoms with Crippen LogP contribution in [0.1, 0.15) is 22.7 Å². The number of hydrogen-bond acceptors (Lipinski definition) is 3. The molecule has 0 fully saturated rings. The molecule has 1 heterocycles. The van der Waals surface area contributed by atoms with Crippen molar-refractivity contribution in [1.82, 2.24) is 0 Å². The summed E-state index contributed by atoms with van der Waals surface area (Å²) in [6, 6.07) is 15.2. The fourth-order valence-electron chi connectivity index (χ4n) is 3.24. The molecule has 2 N–H and O–H groups in total. The minimum Gasteiger partial charge on any atom is -0.496 e. The van der Waals surface area contributed by atoms with Crippen LogP contribution in [-0.2, 0) is 6.42 Å². The van der Waals surface area contributed by atoms with Gasteiger partial charge in [0.25, 0.3) is 0 Å². The Morgan fingerprint density at radius 3 is 2.76 bits per heavy atom. The SMILES string of the molecule is COc1ccc(C(CN)N2CCc3ccccc32)cc1C. The molecule has 1 aliphatic rings. The molecule has 3 rings (SSSR count). The minimum absolute atomic E-state index is 0.221. The van der Waals surface area contributed by atoms with Gasteiger partial charge in [-0.1, -0.05) is 30.3 Å². The zero-order valence-corrected chi connectivity index (χ0v) is 12.7. The number of aryl methyl sites for hydroxylation is 1. The maximum atomic E-state index is 6.09. The predicted octanol–water partition coefficient (Wildman–Crippen LogP) is 3.07. The van der Waals surface area contributed by atoms with Gasteiger partial charge in [0.2, 0.25) is 0 Å². The molecule has 0 saturated carbocycles. The fraction of sp³-hybridized carbons (Fsp3) is 0.333. The van der Waals surface area contributed by atoms with Gasteiger partial charge in [-0.25, -0.2) is 0 Å². The molecule has 0 bridgehead atoms. The van der Waals surface area contributed by atoms with Crippen LogP contribution in [0.4, 0.5) is 5.69 Å². The third-order valence-electron chi connectivity index (χ3n) is 4.33. The molecular weight excluding hydrogens is 260 g/mol. The zero-order valence-electron chi connectivity index (χ0n) is 12.7. The first-order valence-electron chi connectivity index (χ1n) is 7.43. The van der Waals surface area contributed by atoms with Gasteiger partial charge in [0.1, 0.15) is 5.75 Å². The third kappa shape index (κ3) is 2.49. The van der Waals surface area contributed by atoms with E-state index in [-0.39, 0.29) is 6.04 Å². The highest BCUT2D eigenvalue weighted by atomic mass is 16.5. The van der Waals surface area contributed by atoms with Gasteiger partial charge in [-0.2, -0.15) is 0 Å². The summed E-state index contributed by atoms with van der Waals surface area (Å²) in [5.74, 6) is 0.927. The van der Waals surface area contributed by atoms with Gasteiger partial charge < -0.3 is 15.4 Å². The second-order valence-electron chi connectivity index (χ2n) is 5.55. The van der Waals surface area contributed by atoms with Crippen molar-refractivity contribution < 1.29 is 4.74 Å². The quantitative estimate of drug-likeness (QED) is 0.936. The lowest BCUT2D eigenvalue weighted by atomic mass is 10.0. The second kappa shape index (κ2) is 5.78. The zero-order chi connectivity index (χ0) is 14.8. The largest absolute Gasteiger partial charge is 0.496 e. The van der Waals surface area contributed by atoms with E-state index in [4.69, 9.17) is 10.5 Å². The van der Waals surface area contributed by atoms with Crippen molar-refractivity contribution in [3.8, 4) is 5.75 Å². The number of hydrogen-bond donors (Lipinski definition) is 1. The summed E-state index contributed by atoms with van der Waals surface area (Å²) in [7, 11) is 1.71. The molecule has 0 radical (unpaired) electrons. The van der Waals surface area contributed by atoms with Crippen LogP contribution in [0.3, 0.4) is 0 Å². The third-order valence-corrected chi connectivity index (χ3v) is 4.33. The Hall–Kier alpha value is -2.00. The van der Waals surface area contributed by atoms with Crippen LogP contribution < -0.4 is 15.4 Å². The average molecular weight is 282 g/mol. The van der Waals surface area contributed by atoms with E-state index in [9.17, 15) is 0 Å². The monoisotopic (exact) mass is 282 g/mol. The van der Waals surface area contributed by atoms with E-state index in [1.807, 2.05) is 6.07 Å². The van der Waals surface area contributed by atoms with Gasteiger partial charge in [-0.3, -0.25) is 0 Å². The smallest absolute Gasteiger partial charge is 0.121 e. The van der Waals surface area contributed by atoms with Gasteiger partial charge in [0.15, 0.2) is 0 Å². The predicted molar refractivity (Wildman–Crippen MR) is 87.0 cm³/mol. The van der Waals surface area contributed by atoms with Crippen molar-refractivity contribution in [3.05, 3.63) is 59.2 Å². The summed E-state index contributed by atoms with van der Waals surface area (Å²) < 4.78 is 5.35. The summed E-state index contributed by atoms with van der Waals surface area (Å²) in [5, 5.41) is 0. The Bertz CT molecular complexity index is 639. The first-order chi connectivity index (χ1) is 10.2. The van der Waals surface area contributed by atoms with Gasteiger partial charge >= 0.3 is 0 Å². The van der Waals surface area contributed by atoms with E-state index >= 15 is 0 Å². The van der Waals surface area contributed by atoms with Crippen LogP contribution in [0.5, 0.6) is 5.75 Å². The van der Waals surface area contributed by atoms with E-state index in [2.05, 4.69) is 48.2 Å². The van der Waals surface area contributed by atoms with Crippen molar-refractivity contribution >= 4 is 5.69 Å². The van der Waals surface area contributed by atoms with Gasteiger partial charge in [0.05, 0.1) is 13.2 Å². The fourth-order valence-corrected chi connectivity index (χ4v) is 3.24. The maximum Gasteiger partial charge on any atom is 0.121 e. The highest BCUT2D eigenvalue weighted by molar-refractivity contribution is 5.59. The van der Waals surface area contributed by atoms with Crippen LogP contribution in [0, 0.1) is 6.92 Å². The first kappa shape index (κ1) is 14.0. The normalized spacial score (nSPS) is 14.9. The van der Waals surface area contributed by atoms with Gasteiger partial charge in [-0.15, -0.1) is 0 Å². The molecule has 1 unspecified atom stereocenters. The number of anilines is 1. The molecule has 1 atom stereocenters. The second-order valence-corrected chi connectivity index (χ2v) is 5.55. The maximum absolute atomic E-state index is 6.09. The number of nitrogens with zero attached hydrogens (tertiary/aromatic N) is 1. The Kier molecular flexibility index (Phi) is 3.84. The summed E-state index contributed by atoms with van der Waals surface area (Å²) in [6.45, 7) is 3.72. The van der Waals surface area contributed by atoms with Crippen LogP contribution in [0.25, 0.3) is 0 Å². The van der Waals surface area contributed by atoms with Crippen molar-refractivity contribution in [2.75, 3.05) is 25.1 Å². The Morgan fingerprint density at radius 1 is 1.24 bits per heavy atom. The average Bonchev–Trinajstić information content (AvgIpc) is 2.93. The molecular formula is C18H22N2O.